The zero-order chi connectivity index (χ0) is 32.6. The summed E-state index contributed by atoms with van der Waals surface area (Å²) in [6.07, 6.45) is 4.23. The van der Waals surface area contributed by atoms with Crippen LogP contribution in [0.3, 0.4) is 0 Å². The van der Waals surface area contributed by atoms with Crippen LogP contribution in [0, 0.1) is 19.0 Å². The summed E-state index contributed by atoms with van der Waals surface area (Å²) in [6.45, 7) is -9.63. The van der Waals surface area contributed by atoms with E-state index in [0.29, 0.717) is 22.1 Å². The Balaban J connectivity index is 0.000000309. The standard InChI is InChI=1S/C20H17N2O.C11H8N.Ir/c1-12(2)17-10-18(22-11-13(17)3)16-7-4-6-14-15-8-5-9-21-20(15)23-19(14)16;1-2-6-10(7-3-1)11-8-4-5-9-12-11;/h4-6,8-12H,1-3H3;1-6,8-9H;/q2*-1;/i1D3,2D3,3D3,12D;;. The fourth-order valence-electron chi connectivity index (χ4n) is 3.64. The van der Waals surface area contributed by atoms with Gasteiger partial charge in [0.25, 0.3) is 0 Å². The van der Waals surface area contributed by atoms with Crippen molar-refractivity contribution >= 4 is 22.1 Å². The van der Waals surface area contributed by atoms with Crippen LogP contribution in [-0.4, -0.2) is 15.0 Å². The number of aromatic nitrogens is 3. The van der Waals surface area contributed by atoms with Crippen LogP contribution in [0.5, 0.6) is 0 Å². The molecule has 4 heterocycles. The van der Waals surface area contributed by atoms with Crippen LogP contribution in [0.2, 0.25) is 0 Å². The fraction of sp³-hybridized carbons (Fsp3) is 0.129. The Hall–Kier alpha value is -3.66. The number of pyridine rings is 3. The van der Waals surface area contributed by atoms with Gasteiger partial charge < -0.3 is 14.4 Å². The summed E-state index contributed by atoms with van der Waals surface area (Å²) in [5, 5.41) is 1.38. The van der Waals surface area contributed by atoms with Crippen LogP contribution in [0.25, 0.3) is 44.6 Å². The second kappa shape index (κ2) is 11.4. The molecule has 0 fully saturated rings. The Labute approximate surface area is 238 Å². The van der Waals surface area contributed by atoms with Crippen LogP contribution in [-0.2, 0) is 20.1 Å². The predicted octanol–water partition coefficient (Wildman–Crippen LogP) is 7.82. The second-order valence-corrected chi connectivity index (χ2v) is 7.53. The molecule has 0 aliphatic carbocycles. The maximum atomic E-state index is 8.55. The van der Waals surface area contributed by atoms with Gasteiger partial charge in [-0.2, -0.15) is 0 Å². The van der Waals surface area contributed by atoms with E-state index in [2.05, 4.69) is 27.1 Å². The first-order valence-corrected chi connectivity index (χ1v) is 10.7. The van der Waals surface area contributed by atoms with Crippen molar-refractivity contribution in [3.8, 4) is 22.5 Å². The number of hydrogen-bond donors (Lipinski definition) is 0. The van der Waals surface area contributed by atoms with Crippen molar-refractivity contribution in [2.75, 3.05) is 0 Å². The molecule has 0 saturated carbocycles. The summed E-state index contributed by atoms with van der Waals surface area (Å²) in [5.74, 6) is -3.22. The molecule has 0 saturated heterocycles. The first-order chi connectivity index (χ1) is 21.1. The Kier molecular flexibility index (Phi) is 4.89. The molecule has 6 rings (SSSR count). The number of hydrogen-bond acceptors (Lipinski definition) is 4. The normalized spacial score (nSPS) is 16.1. The summed E-state index contributed by atoms with van der Waals surface area (Å²) >= 11 is 0. The molecular formula is C31H25IrN3O-2. The smallest absolute Gasteiger partial charge is 0.216 e. The number of fused-ring (bicyclic) bond motifs is 3. The Morgan fingerprint density at radius 3 is 2.53 bits per heavy atom. The van der Waals surface area contributed by atoms with Crippen molar-refractivity contribution in [3.05, 3.63) is 115 Å². The van der Waals surface area contributed by atoms with Crippen molar-refractivity contribution in [2.45, 2.75) is 26.4 Å². The number of aryl methyl sites for hydroxylation is 1. The molecule has 4 nitrogen and oxygen atoms in total. The van der Waals surface area contributed by atoms with Crippen LogP contribution in [0.4, 0.5) is 0 Å². The minimum Gasteiger partial charge on any atom is -0.486 e. The molecule has 0 amide bonds. The largest absolute Gasteiger partial charge is 0.486 e. The average molecular weight is 658 g/mol. The van der Waals surface area contributed by atoms with E-state index in [-0.39, 0.29) is 31.4 Å². The minimum atomic E-state index is -3.37. The SMILES string of the molecule is [2H]C([2H])([2H])c1cnc(-c2[c-]ccc3c2oc2ncccc23)cc1C([2H])(C([2H])([2H])[2H])C([2H])([2H])[2H].[Ir].[c-]1ccccc1-c1ccccn1. The van der Waals surface area contributed by atoms with Gasteiger partial charge in [0, 0.05) is 57.8 Å². The molecule has 6 aromatic rings. The van der Waals surface area contributed by atoms with Crippen molar-refractivity contribution in [1.82, 2.24) is 15.0 Å². The van der Waals surface area contributed by atoms with Gasteiger partial charge in [0.1, 0.15) is 0 Å². The van der Waals surface area contributed by atoms with E-state index in [1.165, 1.54) is 0 Å². The van der Waals surface area contributed by atoms with Gasteiger partial charge in [-0.25, -0.2) is 4.98 Å². The molecule has 1 radical (unpaired) electrons. The Bertz CT molecular complexity index is 1890. The third-order valence-electron chi connectivity index (χ3n) is 5.29. The van der Waals surface area contributed by atoms with Crippen molar-refractivity contribution in [3.63, 3.8) is 0 Å². The molecule has 0 bridgehead atoms. The summed E-state index contributed by atoms with van der Waals surface area (Å²) < 4.78 is 84.6. The summed E-state index contributed by atoms with van der Waals surface area (Å²) in [4.78, 5) is 12.5. The molecule has 0 aliphatic heterocycles. The molecule has 36 heavy (non-hydrogen) atoms. The Morgan fingerprint density at radius 2 is 1.75 bits per heavy atom. The zero-order valence-electron chi connectivity index (χ0n) is 28.7. The molecule has 5 heteroatoms. The van der Waals surface area contributed by atoms with Crippen molar-refractivity contribution in [1.29, 1.82) is 0 Å². The molecule has 0 unspecified atom stereocenters. The zero-order valence-corrected chi connectivity index (χ0v) is 21.1. The topological polar surface area (TPSA) is 51.8 Å². The minimum absolute atomic E-state index is 0. The van der Waals surface area contributed by atoms with Gasteiger partial charge in [0.05, 0.1) is 5.58 Å². The maximum Gasteiger partial charge on any atom is 0.216 e. The third-order valence-corrected chi connectivity index (χ3v) is 5.29. The molecule has 2 aromatic carbocycles. The van der Waals surface area contributed by atoms with Crippen molar-refractivity contribution < 1.29 is 38.2 Å². The third kappa shape index (κ3) is 5.28. The van der Waals surface area contributed by atoms with Gasteiger partial charge in [0.15, 0.2) is 0 Å². The van der Waals surface area contributed by atoms with E-state index in [1.807, 2.05) is 42.5 Å². The van der Waals surface area contributed by atoms with E-state index >= 15 is 0 Å². The molecule has 4 aromatic heterocycles. The first-order valence-electron chi connectivity index (χ1n) is 15.7. The summed E-state index contributed by atoms with van der Waals surface area (Å²) in [6, 6.07) is 27.6. The number of rotatable bonds is 3. The molecule has 0 N–H and O–H groups in total. The summed E-state index contributed by atoms with van der Waals surface area (Å²) in [7, 11) is 0. The van der Waals surface area contributed by atoms with E-state index in [1.54, 1.807) is 36.7 Å². The van der Waals surface area contributed by atoms with Gasteiger partial charge in [-0.1, -0.05) is 42.9 Å². The maximum absolute atomic E-state index is 8.55. The molecule has 181 valence electrons. The van der Waals surface area contributed by atoms with Crippen molar-refractivity contribution in [2.24, 2.45) is 0 Å². The fourth-order valence-corrected chi connectivity index (χ4v) is 3.64. The summed E-state index contributed by atoms with van der Waals surface area (Å²) in [5.41, 5.74) is 1.64. The van der Waals surface area contributed by atoms with E-state index in [0.717, 1.165) is 23.5 Å². The van der Waals surface area contributed by atoms with Crippen LogP contribution >= 0.6 is 0 Å². The van der Waals surface area contributed by atoms with Crippen LogP contribution in [0.1, 0.15) is 44.4 Å². The van der Waals surface area contributed by atoms with Gasteiger partial charge in [-0.05, 0) is 53.5 Å². The number of furan rings is 1. The second-order valence-electron chi connectivity index (χ2n) is 7.53. The number of nitrogens with zero attached hydrogens (tertiary/aromatic N) is 3. The molecular weight excluding hydrogens is 623 g/mol. The quantitative estimate of drug-likeness (QED) is 0.182. The molecule has 0 atom stereocenters. The van der Waals surface area contributed by atoms with E-state index in [9.17, 15) is 0 Å². The van der Waals surface area contributed by atoms with Gasteiger partial charge in [-0.3, -0.25) is 0 Å². The van der Waals surface area contributed by atoms with Gasteiger partial charge in [0.2, 0.25) is 5.71 Å². The van der Waals surface area contributed by atoms with Gasteiger partial charge >= 0.3 is 0 Å². The average Bonchev–Trinajstić information content (AvgIpc) is 3.39. The first kappa shape index (κ1) is 15.5. The predicted molar refractivity (Wildman–Crippen MR) is 141 cm³/mol. The van der Waals surface area contributed by atoms with E-state index in [4.69, 9.17) is 18.1 Å². The number of benzene rings is 2. The van der Waals surface area contributed by atoms with Gasteiger partial charge in [-0.15, -0.1) is 54.1 Å². The monoisotopic (exact) mass is 658 g/mol. The molecule has 0 spiro atoms. The van der Waals surface area contributed by atoms with E-state index < -0.39 is 37.6 Å². The Morgan fingerprint density at radius 1 is 0.861 bits per heavy atom. The van der Waals surface area contributed by atoms with Crippen LogP contribution in [0.15, 0.2) is 95.8 Å². The van der Waals surface area contributed by atoms with Crippen LogP contribution < -0.4 is 0 Å². The molecule has 0 aliphatic rings.